The fourth-order valence-corrected chi connectivity index (χ4v) is 3.24. The quantitative estimate of drug-likeness (QED) is 0.233. The van der Waals surface area contributed by atoms with Gasteiger partial charge in [0, 0.05) is 23.6 Å². The van der Waals surface area contributed by atoms with Crippen molar-refractivity contribution in [2.75, 3.05) is 13.2 Å². The van der Waals surface area contributed by atoms with Crippen molar-refractivity contribution >= 4 is 32.7 Å². The summed E-state index contributed by atoms with van der Waals surface area (Å²) < 4.78 is 5.44. The van der Waals surface area contributed by atoms with E-state index in [1.54, 1.807) is 6.92 Å². The van der Waals surface area contributed by atoms with E-state index in [0.29, 0.717) is 12.5 Å². The lowest BCUT2D eigenvalue weighted by molar-refractivity contribution is -0.121. The number of carbonyl (C=O) groups is 1. The van der Waals surface area contributed by atoms with Crippen LogP contribution in [0.3, 0.4) is 0 Å². The minimum atomic E-state index is 0.0157. The fourth-order valence-electron chi connectivity index (χ4n) is 2.52. The lowest BCUT2D eigenvalue weighted by Gasteiger charge is -2.26. The maximum atomic E-state index is 11.6. The van der Waals surface area contributed by atoms with E-state index in [-0.39, 0.29) is 25.5 Å². The molecule has 0 aromatic rings. The smallest absolute Gasteiger partial charge is 0.146 e. The molecule has 0 aromatic heterocycles. The van der Waals surface area contributed by atoms with Crippen LogP contribution in [0.15, 0.2) is 12.7 Å². The van der Waals surface area contributed by atoms with E-state index >= 15 is 0 Å². The normalized spacial score (nSPS) is 30.1. The number of Topliss-reactive ketones (excluding diaryl/α,β-unsaturated/α-hetero) is 1. The van der Waals surface area contributed by atoms with E-state index in [2.05, 4.69) is 18.4 Å². The van der Waals surface area contributed by atoms with E-state index in [1.807, 2.05) is 6.08 Å². The third kappa shape index (κ3) is 3.82. The van der Waals surface area contributed by atoms with Gasteiger partial charge in [0.2, 0.25) is 0 Å². The zero-order chi connectivity index (χ0) is 12.8. The van der Waals surface area contributed by atoms with E-state index in [1.165, 1.54) is 11.7 Å². The molecular formula is C11H19BNO2PS. The summed E-state index contributed by atoms with van der Waals surface area (Å²) >= 11 is 1.29. The van der Waals surface area contributed by atoms with Gasteiger partial charge in [-0.25, -0.2) is 0 Å². The first kappa shape index (κ1) is 15.2. The average molecular weight is 271 g/mol. The van der Waals surface area contributed by atoms with E-state index in [0.717, 1.165) is 13.0 Å². The molecule has 0 amide bonds. The first-order valence-electron chi connectivity index (χ1n) is 5.78. The van der Waals surface area contributed by atoms with E-state index < -0.39 is 0 Å². The Morgan fingerprint density at radius 1 is 1.76 bits per heavy atom. The Hall–Kier alpha value is 0.175. The Bertz CT molecular complexity index is 280. The summed E-state index contributed by atoms with van der Waals surface area (Å²) in [4.78, 5) is 13.8. The number of carbonyl (C=O) groups excluding carboxylic acids is 1. The Balaban J connectivity index is 2.65. The van der Waals surface area contributed by atoms with Crippen LogP contribution in [0.1, 0.15) is 20.3 Å². The molecule has 94 valence electrons. The molecule has 0 aromatic carbocycles. The molecule has 0 saturated carbocycles. The van der Waals surface area contributed by atoms with Gasteiger partial charge in [0.25, 0.3) is 0 Å². The maximum Gasteiger partial charge on any atom is 0.146 e. The molecule has 0 N–H and O–H groups in total. The number of ketones is 1. The van der Waals surface area contributed by atoms with Crippen molar-refractivity contribution in [2.24, 2.45) is 5.92 Å². The predicted octanol–water partition coefficient (Wildman–Crippen LogP) is 2.18. The number of rotatable bonds is 7. The van der Waals surface area contributed by atoms with Crippen LogP contribution in [0, 0.1) is 5.92 Å². The number of hydrogen-bond donors (Lipinski definition) is 0. The summed E-state index contributed by atoms with van der Waals surface area (Å²) in [7, 11) is 5.64. The van der Waals surface area contributed by atoms with Crippen LogP contribution in [-0.4, -0.2) is 43.5 Å². The zero-order valence-electron chi connectivity index (χ0n) is 10.4. The number of likely N-dealkylation sites (tertiary alicyclic amines) is 1. The largest absolute Gasteiger partial charge is 0.312 e. The molecule has 1 heterocycles. The highest BCUT2D eigenvalue weighted by Crippen LogP contribution is 2.34. The SMILES string of the molecule is [B]PSOCC1CC(C(C)=O)N(CC)C1C=C. The zero-order valence-corrected chi connectivity index (χ0v) is 12.2. The highest BCUT2D eigenvalue weighted by Gasteiger charge is 2.40. The van der Waals surface area contributed by atoms with Crippen molar-refractivity contribution in [2.45, 2.75) is 32.4 Å². The summed E-state index contributed by atoms with van der Waals surface area (Å²) in [5.74, 6) is 0.569. The first-order valence-corrected chi connectivity index (χ1v) is 8.32. The molecule has 6 heteroatoms. The van der Waals surface area contributed by atoms with Crippen LogP contribution in [0.2, 0.25) is 0 Å². The molecule has 4 atom stereocenters. The molecule has 0 bridgehead atoms. The molecular weight excluding hydrogens is 252 g/mol. The van der Waals surface area contributed by atoms with Gasteiger partial charge in [0.1, 0.15) is 13.3 Å². The van der Waals surface area contributed by atoms with Crippen molar-refractivity contribution < 1.29 is 8.98 Å². The number of hydrogen-bond acceptors (Lipinski definition) is 4. The maximum absolute atomic E-state index is 11.6. The summed E-state index contributed by atoms with van der Waals surface area (Å²) in [6.45, 7) is 9.10. The third-order valence-corrected chi connectivity index (χ3v) is 4.25. The second-order valence-corrected chi connectivity index (χ2v) is 6.01. The van der Waals surface area contributed by atoms with Gasteiger partial charge in [-0.15, -0.1) is 6.58 Å². The van der Waals surface area contributed by atoms with Gasteiger partial charge >= 0.3 is 0 Å². The monoisotopic (exact) mass is 271 g/mol. The Morgan fingerprint density at radius 2 is 2.47 bits per heavy atom. The van der Waals surface area contributed by atoms with Gasteiger partial charge in [-0.3, -0.25) is 9.69 Å². The summed E-state index contributed by atoms with van der Waals surface area (Å²) in [6, 6.07) is 0.248. The third-order valence-electron chi connectivity index (χ3n) is 3.26. The highest BCUT2D eigenvalue weighted by molar-refractivity contribution is 8.53. The van der Waals surface area contributed by atoms with Crippen LogP contribution >= 0.6 is 19.3 Å². The molecule has 0 spiro atoms. The summed E-state index contributed by atoms with van der Waals surface area (Å²) in [6.07, 6.45) is 2.78. The van der Waals surface area contributed by atoms with E-state index in [4.69, 9.17) is 11.7 Å². The van der Waals surface area contributed by atoms with Crippen molar-refractivity contribution in [3.63, 3.8) is 0 Å². The van der Waals surface area contributed by atoms with Crippen LogP contribution in [0.4, 0.5) is 0 Å². The van der Waals surface area contributed by atoms with Gasteiger partial charge in [0.05, 0.1) is 12.6 Å². The van der Waals surface area contributed by atoms with Gasteiger partial charge in [-0.1, -0.05) is 20.7 Å². The second kappa shape index (κ2) is 7.57. The minimum Gasteiger partial charge on any atom is -0.312 e. The van der Waals surface area contributed by atoms with Crippen molar-refractivity contribution in [1.82, 2.24) is 4.90 Å². The van der Waals surface area contributed by atoms with Crippen LogP contribution in [-0.2, 0) is 8.98 Å². The minimum absolute atomic E-state index is 0.0157. The van der Waals surface area contributed by atoms with Gasteiger partial charge in [0.15, 0.2) is 0 Å². The van der Waals surface area contributed by atoms with Crippen LogP contribution in [0.5, 0.6) is 0 Å². The van der Waals surface area contributed by atoms with Crippen LogP contribution in [0.25, 0.3) is 0 Å². The molecule has 4 unspecified atom stereocenters. The topological polar surface area (TPSA) is 29.5 Å². The van der Waals surface area contributed by atoms with E-state index in [9.17, 15) is 4.79 Å². The first-order chi connectivity index (χ1) is 8.15. The standard InChI is InChI=1S/C11H19BNO2PS/c1-4-10-9(7-15-17-16-12)6-11(8(3)14)13(10)5-2/h4,9-11,16H,1,5-7H2,2-3H3. The molecule has 2 radical (unpaired) electrons. The van der Waals surface area contributed by atoms with Gasteiger partial charge in [-0.05, 0) is 19.9 Å². The van der Waals surface area contributed by atoms with Gasteiger partial charge < -0.3 is 4.18 Å². The highest BCUT2D eigenvalue weighted by atomic mass is 32.7. The Morgan fingerprint density at radius 3 is 2.94 bits per heavy atom. The summed E-state index contributed by atoms with van der Waals surface area (Å²) in [5.41, 5.74) is 0. The molecule has 1 aliphatic heterocycles. The molecule has 17 heavy (non-hydrogen) atoms. The summed E-state index contributed by atoms with van der Waals surface area (Å²) in [5, 5.41) is 0. The van der Waals surface area contributed by atoms with Crippen molar-refractivity contribution in [3.8, 4) is 0 Å². The lowest BCUT2D eigenvalue weighted by atomic mass is 9.99. The molecule has 1 aliphatic rings. The molecule has 1 saturated heterocycles. The van der Waals surface area contributed by atoms with Crippen molar-refractivity contribution in [1.29, 1.82) is 0 Å². The second-order valence-electron chi connectivity index (χ2n) is 4.16. The Kier molecular flexibility index (Phi) is 6.79. The molecule has 1 fully saturated rings. The van der Waals surface area contributed by atoms with Crippen molar-refractivity contribution in [3.05, 3.63) is 12.7 Å². The van der Waals surface area contributed by atoms with Gasteiger partial charge in [-0.2, -0.15) is 0 Å². The Labute approximate surface area is 111 Å². The number of likely N-dealkylation sites (N-methyl/N-ethyl adjacent to an activating group) is 1. The lowest BCUT2D eigenvalue weighted by Crippen LogP contribution is -2.39. The van der Waals surface area contributed by atoms with Crippen LogP contribution < -0.4 is 0 Å². The predicted molar refractivity (Wildman–Crippen MR) is 76.6 cm³/mol. The molecule has 3 nitrogen and oxygen atoms in total. The fraction of sp³-hybridized carbons (Fsp3) is 0.727. The molecule has 0 aliphatic carbocycles. The average Bonchev–Trinajstić information content (AvgIpc) is 2.67. The molecule has 1 rings (SSSR count). The number of nitrogens with zero attached hydrogens (tertiary/aromatic N) is 1.